The number of carbonyl (C=O) groups excluding carboxylic acids is 1. The lowest BCUT2D eigenvalue weighted by Gasteiger charge is -2.24. The Morgan fingerprint density at radius 3 is 2.95 bits per heavy atom. The fourth-order valence-electron chi connectivity index (χ4n) is 2.48. The summed E-state index contributed by atoms with van der Waals surface area (Å²) in [5, 5.41) is 10.0. The normalized spacial score (nSPS) is 25.7. The number of aliphatic hydroxyl groups is 1. The minimum absolute atomic E-state index is 0.248. The predicted octanol–water partition coefficient (Wildman–Crippen LogP) is 1.08. The van der Waals surface area contributed by atoms with E-state index in [4.69, 9.17) is 21.1 Å². The molecule has 0 radical (unpaired) electrons. The minimum Gasteiger partial charge on any atom is -0.366 e. The molecular weight excluding hydrogens is 312 g/mol. The monoisotopic (exact) mass is 326 g/mol. The Bertz CT molecular complexity index is 699. The number of nitrogens with zero attached hydrogens (tertiary/aromatic N) is 4. The second-order valence-electron chi connectivity index (χ2n) is 5.52. The SMILES string of the molecule is CC(C)(O)O[C@H]1C[C@H](n2cnc3c(Cl)ncnc32)O[C@@H]1C=O. The maximum Gasteiger partial charge on any atom is 0.166 e. The second-order valence-corrected chi connectivity index (χ2v) is 5.88. The highest BCUT2D eigenvalue weighted by atomic mass is 35.5. The van der Waals surface area contributed by atoms with Gasteiger partial charge in [0.2, 0.25) is 0 Å². The maximum atomic E-state index is 11.2. The van der Waals surface area contributed by atoms with Gasteiger partial charge in [-0.2, -0.15) is 0 Å². The molecule has 0 bridgehead atoms. The quantitative estimate of drug-likeness (QED) is 0.510. The fourth-order valence-corrected chi connectivity index (χ4v) is 2.65. The van der Waals surface area contributed by atoms with Crippen LogP contribution in [0.5, 0.6) is 0 Å². The topological polar surface area (TPSA) is 99.4 Å². The van der Waals surface area contributed by atoms with Crippen molar-refractivity contribution in [2.24, 2.45) is 0 Å². The molecule has 1 N–H and O–H groups in total. The summed E-state index contributed by atoms with van der Waals surface area (Å²) in [5.74, 6) is -1.35. The van der Waals surface area contributed by atoms with E-state index in [9.17, 15) is 9.90 Å². The third-order valence-electron chi connectivity index (χ3n) is 3.31. The van der Waals surface area contributed by atoms with Crippen LogP contribution in [0.25, 0.3) is 11.2 Å². The highest BCUT2D eigenvalue weighted by Gasteiger charge is 2.40. The molecule has 0 saturated carbocycles. The third-order valence-corrected chi connectivity index (χ3v) is 3.59. The largest absolute Gasteiger partial charge is 0.366 e. The second kappa shape index (κ2) is 5.54. The summed E-state index contributed by atoms with van der Waals surface area (Å²) in [7, 11) is 0. The van der Waals surface area contributed by atoms with Crippen molar-refractivity contribution in [3.63, 3.8) is 0 Å². The van der Waals surface area contributed by atoms with Gasteiger partial charge in [-0.25, -0.2) is 15.0 Å². The molecule has 0 unspecified atom stereocenters. The molecular formula is C13H15ClN4O4. The summed E-state index contributed by atoms with van der Waals surface area (Å²) >= 11 is 5.97. The number of rotatable bonds is 4. The van der Waals surface area contributed by atoms with Gasteiger partial charge < -0.3 is 19.4 Å². The zero-order chi connectivity index (χ0) is 15.9. The molecule has 1 aliphatic rings. The van der Waals surface area contributed by atoms with Crippen LogP contribution in [0, 0.1) is 0 Å². The lowest BCUT2D eigenvalue weighted by atomic mass is 10.2. The van der Waals surface area contributed by atoms with E-state index in [1.807, 2.05) is 0 Å². The van der Waals surface area contributed by atoms with Crippen molar-refractivity contribution in [2.75, 3.05) is 0 Å². The van der Waals surface area contributed by atoms with Gasteiger partial charge in [-0.15, -0.1) is 0 Å². The maximum absolute atomic E-state index is 11.2. The van der Waals surface area contributed by atoms with E-state index in [1.165, 1.54) is 26.5 Å². The first-order valence-corrected chi connectivity index (χ1v) is 7.11. The molecule has 1 aliphatic heterocycles. The van der Waals surface area contributed by atoms with E-state index in [1.54, 1.807) is 4.57 Å². The van der Waals surface area contributed by atoms with E-state index in [0.717, 1.165) is 0 Å². The van der Waals surface area contributed by atoms with Crippen LogP contribution in [0.4, 0.5) is 0 Å². The highest BCUT2D eigenvalue weighted by Crippen LogP contribution is 2.34. The van der Waals surface area contributed by atoms with Crippen LogP contribution in [0.1, 0.15) is 26.5 Å². The van der Waals surface area contributed by atoms with Gasteiger partial charge in [0, 0.05) is 6.42 Å². The van der Waals surface area contributed by atoms with Crippen molar-refractivity contribution in [1.29, 1.82) is 0 Å². The lowest BCUT2D eigenvalue weighted by Crippen LogP contribution is -2.35. The summed E-state index contributed by atoms with van der Waals surface area (Å²) in [6.45, 7) is 3.00. The Morgan fingerprint density at radius 1 is 1.50 bits per heavy atom. The van der Waals surface area contributed by atoms with Crippen LogP contribution in [-0.2, 0) is 14.3 Å². The van der Waals surface area contributed by atoms with Gasteiger partial charge in [0.15, 0.2) is 22.9 Å². The Kier molecular flexibility index (Phi) is 3.85. The van der Waals surface area contributed by atoms with E-state index in [-0.39, 0.29) is 5.15 Å². The molecule has 3 rings (SSSR count). The van der Waals surface area contributed by atoms with Gasteiger partial charge in [0.05, 0.1) is 12.4 Å². The molecule has 8 nitrogen and oxygen atoms in total. The van der Waals surface area contributed by atoms with Crippen LogP contribution < -0.4 is 0 Å². The molecule has 1 fully saturated rings. The number of aldehydes is 1. The average Bonchev–Trinajstić information content (AvgIpc) is 3.01. The summed E-state index contributed by atoms with van der Waals surface area (Å²) in [6, 6.07) is 0. The first kappa shape index (κ1) is 15.3. The van der Waals surface area contributed by atoms with Crippen molar-refractivity contribution < 1.29 is 19.4 Å². The summed E-state index contributed by atoms with van der Waals surface area (Å²) in [6.07, 6.45) is 2.09. The molecule has 0 aromatic carbocycles. The van der Waals surface area contributed by atoms with Crippen molar-refractivity contribution in [3.8, 4) is 0 Å². The fraction of sp³-hybridized carbons (Fsp3) is 0.538. The smallest absolute Gasteiger partial charge is 0.166 e. The van der Waals surface area contributed by atoms with Crippen LogP contribution in [0.3, 0.4) is 0 Å². The Morgan fingerprint density at radius 2 is 2.27 bits per heavy atom. The molecule has 0 spiro atoms. The number of aromatic nitrogens is 4. The first-order chi connectivity index (χ1) is 10.4. The summed E-state index contributed by atoms with van der Waals surface area (Å²) in [5.41, 5.74) is 0.973. The lowest BCUT2D eigenvalue weighted by molar-refractivity contribution is -0.211. The Hall–Kier alpha value is -1.61. The molecule has 2 aromatic rings. The number of hydrogen-bond donors (Lipinski definition) is 1. The van der Waals surface area contributed by atoms with Gasteiger partial charge >= 0.3 is 0 Å². The Labute approximate surface area is 131 Å². The van der Waals surface area contributed by atoms with Crippen LogP contribution >= 0.6 is 11.6 Å². The number of carbonyl (C=O) groups is 1. The van der Waals surface area contributed by atoms with Crippen molar-refractivity contribution in [1.82, 2.24) is 19.5 Å². The van der Waals surface area contributed by atoms with E-state index >= 15 is 0 Å². The molecule has 3 atom stereocenters. The van der Waals surface area contributed by atoms with Gasteiger partial charge in [-0.05, 0) is 13.8 Å². The number of halogens is 1. The van der Waals surface area contributed by atoms with E-state index in [2.05, 4.69) is 15.0 Å². The first-order valence-electron chi connectivity index (χ1n) is 6.73. The predicted molar refractivity (Wildman–Crippen MR) is 76.1 cm³/mol. The molecule has 0 amide bonds. The van der Waals surface area contributed by atoms with Crippen LogP contribution in [0.15, 0.2) is 12.7 Å². The molecule has 0 aliphatic carbocycles. The minimum atomic E-state index is -1.35. The molecule has 118 valence electrons. The zero-order valence-corrected chi connectivity index (χ0v) is 12.8. The summed E-state index contributed by atoms with van der Waals surface area (Å²) in [4.78, 5) is 23.3. The molecule has 3 heterocycles. The van der Waals surface area contributed by atoms with Crippen LogP contribution in [0.2, 0.25) is 5.15 Å². The van der Waals surface area contributed by atoms with Gasteiger partial charge in [-0.3, -0.25) is 4.57 Å². The molecule has 2 aromatic heterocycles. The van der Waals surface area contributed by atoms with Gasteiger partial charge in [0.1, 0.15) is 24.2 Å². The number of hydrogen-bond acceptors (Lipinski definition) is 7. The Balaban J connectivity index is 1.89. The van der Waals surface area contributed by atoms with Crippen molar-refractivity contribution in [2.45, 2.75) is 44.5 Å². The number of fused-ring (bicyclic) bond motifs is 1. The summed E-state index contributed by atoms with van der Waals surface area (Å²) < 4.78 is 12.8. The van der Waals surface area contributed by atoms with Crippen molar-refractivity contribution in [3.05, 3.63) is 17.8 Å². The average molecular weight is 327 g/mol. The van der Waals surface area contributed by atoms with E-state index in [0.29, 0.717) is 23.9 Å². The third kappa shape index (κ3) is 2.82. The molecule has 22 heavy (non-hydrogen) atoms. The zero-order valence-electron chi connectivity index (χ0n) is 12.0. The van der Waals surface area contributed by atoms with Gasteiger partial charge in [-0.1, -0.05) is 11.6 Å². The standard InChI is InChI=1S/C13H15ClN4O4/c1-13(2,20)22-7-3-9(21-8(7)4-19)18-6-17-10-11(14)15-5-16-12(10)18/h4-9,20H,3H2,1-2H3/t7-,8+,9+/m0/s1. The van der Waals surface area contributed by atoms with Crippen molar-refractivity contribution >= 4 is 29.1 Å². The highest BCUT2D eigenvalue weighted by molar-refractivity contribution is 6.33. The van der Waals surface area contributed by atoms with E-state index < -0.39 is 24.2 Å². The molecule has 1 saturated heterocycles. The van der Waals surface area contributed by atoms with Gasteiger partial charge in [0.25, 0.3) is 0 Å². The molecule has 9 heteroatoms. The van der Waals surface area contributed by atoms with Crippen LogP contribution in [-0.4, -0.2) is 48.9 Å². The number of imidazole rings is 1. The number of ether oxygens (including phenoxy) is 2.